The SMILES string of the molecule is O=C(c1cccc2ccncc12)C(O)C1CC1. The van der Waals surface area contributed by atoms with Crippen LogP contribution in [0.5, 0.6) is 0 Å². The van der Waals surface area contributed by atoms with Crippen molar-refractivity contribution in [2.24, 2.45) is 5.92 Å². The first-order chi connectivity index (χ1) is 8.27. The predicted molar refractivity (Wildman–Crippen MR) is 64.8 cm³/mol. The first-order valence-electron chi connectivity index (χ1n) is 5.82. The number of aromatic nitrogens is 1. The van der Waals surface area contributed by atoms with Crippen molar-refractivity contribution in [2.45, 2.75) is 18.9 Å². The number of aliphatic hydroxyl groups is 1. The maximum Gasteiger partial charge on any atom is 0.192 e. The Kier molecular flexibility index (Phi) is 2.41. The van der Waals surface area contributed by atoms with Crippen LogP contribution in [0, 0.1) is 5.92 Å². The Labute approximate surface area is 99.1 Å². The highest BCUT2D eigenvalue weighted by atomic mass is 16.3. The maximum absolute atomic E-state index is 12.2. The van der Waals surface area contributed by atoms with Gasteiger partial charge in [-0.25, -0.2) is 0 Å². The van der Waals surface area contributed by atoms with Gasteiger partial charge in [0.05, 0.1) is 0 Å². The van der Waals surface area contributed by atoms with Crippen LogP contribution in [0.3, 0.4) is 0 Å². The number of fused-ring (bicyclic) bond motifs is 1. The van der Waals surface area contributed by atoms with Crippen molar-refractivity contribution in [1.82, 2.24) is 4.98 Å². The summed E-state index contributed by atoms with van der Waals surface area (Å²) in [6.07, 6.45) is 4.45. The van der Waals surface area contributed by atoms with Crippen LogP contribution < -0.4 is 0 Å². The van der Waals surface area contributed by atoms with Gasteiger partial charge >= 0.3 is 0 Å². The number of ketones is 1. The minimum atomic E-state index is -0.846. The van der Waals surface area contributed by atoms with Crippen molar-refractivity contribution in [3.05, 3.63) is 42.2 Å². The summed E-state index contributed by atoms with van der Waals surface area (Å²) >= 11 is 0. The molecule has 0 bridgehead atoms. The first-order valence-corrected chi connectivity index (χ1v) is 5.82. The van der Waals surface area contributed by atoms with E-state index in [2.05, 4.69) is 4.98 Å². The summed E-state index contributed by atoms with van der Waals surface area (Å²) in [5.74, 6) is -0.0134. The number of hydrogen-bond donors (Lipinski definition) is 1. The van der Waals surface area contributed by atoms with E-state index in [9.17, 15) is 9.90 Å². The average molecular weight is 227 g/mol. The van der Waals surface area contributed by atoms with Crippen LogP contribution in [0.2, 0.25) is 0 Å². The molecular weight excluding hydrogens is 214 g/mol. The molecular formula is C14H13NO2. The normalized spacial score (nSPS) is 17.0. The second-order valence-corrected chi connectivity index (χ2v) is 4.55. The van der Waals surface area contributed by atoms with Crippen LogP contribution in [0.15, 0.2) is 36.7 Å². The van der Waals surface area contributed by atoms with Crippen LogP contribution in [-0.4, -0.2) is 22.0 Å². The lowest BCUT2D eigenvalue weighted by Gasteiger charge is -2.10. The molecule has 1 aromatic heterocycles. The fraction of sp³-hybridized carbons (Fsp3) is 0.286. The highest BCUT2D eigenvalue weighted by molar-refractivity contribution is 6.10. The summed E-state index contributed by atoms with van der Waals surface area (Å²) in [5, 5.41) is 11.7. The van der Waals surface area contributed by atoms with E-state index in [4.69, 9.17) is 0 Å². The minimum absolute atomic E-state index is 0.162. The van der Waals surface area contributed by atoms with Crippen molar-refractivity contribution >= 4 is 16.6 Å². The van der Waals surface area contributed by atoms with E-state index in [1.54, 1.807) is 18.5 Å². The van der Waals surface area contributed by atoms with Crippen molar-refractivity contribution in [2.75, 3.05) is 0 Å². The molecule has 1 unspecified atom stereocenters. The predicted octanol–water partition coefficient (Wildman–Crippen LogP) is 2.19. The topological polar surface area (TPSA) is 50.2 Å². The number of nitrogens with zero attached hydrogens (tertiary/aromatic N) is 1. The molecule has 0 amide bonds. The number of aliphatic hydroxyl groups excluding tert-OH is 1. The maximum atomic E-state index is 12.2. The lowest BCUT2D eigenvalue weighted by molar-refractivity contribution is 0.0706. The summed E-state index contributed by atoms with van der Waals surface area (Å²) in [4.78, 5) is 16.2. The number of hydrogen-bond acceptors (Lipinski definition) is 3. The molecule has 1 fully saturated rings. The zero-order chi connectivity index (χ0) is 11.8. The average Bonchev–Trinajstić information content (AvgIpc) is 3.20. The van der Waals surface area contributed by atoms with Crippen molar-refractivity contribution in [3.8, 4) is 0 Å². The highest BCUT2D eigenvalue weighted by Gasteiger charge is 2.35. The van der Waals surface area contributed by atoms with Crippen molar-refractivity contribution in [3.63, 3.8) is 0 Å². The molecule has 0 saturated heterocycles. The number of carbonyl (C=O) groups is 1. The molecule has 3 heteroatoms. The van der Waals surface area contributed by atoms with Crippen molar-refractivity contribution < 1.29 is 9.90 Å². The molecule has 0 aliphatic heterocycles. The number of carbonyl (C=O) groups excluding carboxylic acids is 1. The van der Waals surface area contributed by atoms with E-state index in [0.29, 0.717) is 5.56 Å². The molecule has 1 atom stereocenters. The van der Waals surface area contributed by atoms with Gasteiger partial charge in [0.1, 0.15) is 6.10 Å². The second-order valence-electron chi connectivity index (χ2n) is 4.55. The summed E-state index contributed by atoms with van der Waals surface area (Å²) in [6.45, 7) is 0. The van der Waals surface area contributed by atoms with Gasteiger partial charge in [0, 0.05) is 23.3 Å². The quantitative estimate of drug-likeness (QED) is 0.818. The molecule has 1 N–H and O–H groups in total. The number of rotatable bonds is 3. The van der Waals surface area contributed by atoms with Crippen molar-refractivity contribution in [1.29, 1.82) is 0 Å². The van der Waals surface area contributed by atoms with E-state index in [1.165, 1.54) is 0 Å². The van der Waals surface area contributed by atoms with E-state index >= 15 is 0 Å². The second kappa shape index (κ2) is 3.93. The molecule has 1 aliphatic rings. The lowest BCUT2D eigenvalue weighted by Crippen LogP contribution is -2.22. The summed E-state index contributed by atoms with van der Waals surface area (Å²) < 4.78 is 0. The van der Waals surface area contributed by atoms with E-state index in [0.717, 1.165) is 23.6 Å². The Morgan fingerprint density at radius 1 is 1.35 bits per heavy atom. The molecule has 0 radical (unpaired) electrons. The Balaban J connectivity index is 2.07. The zero-order valence-corrected chi connectivity index (χ0v) is 9.34. The van der Waals surface area contributed by atoms with Crippen LogP contribution in [0.25, 0.3) is 10.8 Å². The molecule has 3 rings (SSSR count). The Morgan fingerprint density at radius 3 is 2.94 bits per heavy atom. The molecule has 3 nitrogen and oxygen atoms in total. The Hall–Kier alpha value is -1.74. The van der Waals surface area contributed by atoms with Gasteiger partial charge in [-0.05, 0) is 30.2 Å². The fourth-order valence-corrected chi connectivity index (χ4v) is 2.11. The van der Waals surface area contributed by atoms with E-state index in [-0.39, 0.29) is 11.7 Å². The Bertz CT molecular complexity index is 570. The van der Waals surface area contributed by atoms with E-state index in [1.807, 2.05) is 18.2 Å². The monoisotopic (exact) mass is 227 g/mol. The largest absolute Gasteiger partial charge is 0.385 e. The number of pyridine rings is 1. The van der Waals surface area contributed by atoms with Gasteiger partial charge in [-0.3, -0.25) is 9.78 Å². The number of benzene rings is 1. The summed E-state index contributed by atoms with van der Waals surface area (Å²) in [5.41, 5.74) is 0.579. The van der Waals surface area contributed by atoms with Gasteiger partial charge in [0.15, 0.2) is 5.78 Å². The standard InChI is InChI=1S/C14H13NO2/c16-13(10-4-5-10)14(17)11-3-1-2-9-6-7-15-8-12(9)11/h1-3,6-8,10,13,16H,4-5H2. The van der Waals surface area contributed by atoms with Crippen LogP contribution >= 0.6 is 0 Å². The van der Waals surface area contributed by atoms with Crippen LogP contribution in [0.1, 0.15) is 23.2 Å². The van der Waals surface area contributed by atoms with Gasteiger partial charge in [-0.2, -0.15) is 0 Å². The third-order valence-electron chi connectivity index (χ3n) is 3.29. The van der Waals surface area contributed by atoms with Crippen LogP contribution in [-0.2, 0) is 0 Å². The Morgan fingerprint density at radius 2 is 2.18 bits per heavy atom. The van der Waals surface area contributed by atoms with Gasteiger partial charge in [-0.15, -0.1) is 0 Å². The first kappa shape index (κ1) is 10.4. The molecule has 1 heterocycles. The van der Waals surface area contributed by atoms with Gasteiger partial charge < -0.3 is 5.11 Å². The summed E-state index contributed by atoms with van der Waals surface area (Å²) in [7, 11) is 0. The molecule has 1 saturated carbocycles. The van der Waals surface area contributed by atoms with Gasteiger partial charge in [-0.1, -0.05) is 18.2 Å². The third kappa shape index (κ3) is 1.83. The molecule has 17 heavy (non-hydrogen) atoms. The lowest BCUT2D eigenvalue weighted by atomic mass is 9.98. The highest BCUT2D eigenvalue weighted by Crippen LogP contribution is 2.34. The third-order valence-corrected chi connectivity index (χ3v) is 3.29. The fourth-order valence-electron chi connectivity index (χ4n) is 2.11. The molecule has 2 aromatic rings. The molecule has 0 spiro atoms. The molecule has 86 valence electrons. The van der Waals surface area contributed by atoms with E-state index < -0.39 is 6.10 Å². The summed E-state index contributed by atoms with van der Waals surface area (Å²) in [6, 6.07) is 7.42. The van der Waals surface area contributed by atoms with Crippen LogP contribution in [0.4, 0.5) is 0 Å². The zero-order valence-electron chi connectivity index (χ0n) is 9.34. The number of Topliss-reactive ketones (excluding diaryl/α,β-unsaturated/α-hetero) is 1. The molecule has 1 aromatic carbocycles. The minimum Gasteiger partial charge on any atom is -0.385 e. The van der Waals surface area contributed by atoms with Gasteiger partial charge in [0.2, 0.25) is 0 Å². The molecule has 1 aliphatic carbocycles. The smallest absolute Gasteiger partial charge is 0.192 e. The van der Waals surface area contributed by atoms with Gasteiger partial charge in [0.25, 0.3) is 0 Å².